The van der Waals surface area contributed by atoms with Crippen LogP contribution in [0.4, 0.5) is 0 Å². The predicted molar refractivity (Wildman–Crippen MR) is 106 cm³/mol. The first-order valence-corrected chi connectivity index (χ1v) is 9.90. The molecule has 7 nitrogen and oxygen atoms in total. The van der Waals surface area contributed by atoms with Crippen LogP contribution < -0.4 is 9.47 Å². The standard InChI is InChI=1S/C22H25N3O4/c1-28-19-7-2-6-17-14-24(9-4-10-29-21(17)19)22(27)18-11-20(26)25(15-18)13-16-5-3-8-23-12-16/h2-3,5-8,12,18H,4,9-11,13-15H2,1H3. The summed E-state index contributed by atoms with van der Waals surface area (Å²) in [6.45, 7) is 2.53. The second-order valence-electron chi connectivity index (χ2n) is 7.45. The van der Waals surface area contributed by atoms with E-state index in [1.807, 2.05) is 35.2 Å². The molecule has 29 heavy (non-hydrogen) atoms. The van der Waals surface area contributed by atoms with Crippen molar-refractivity contribution in [1.82, 2.24) is 14.8 Å². The van der Waals surface area contributed by atoms with Gasteiger partial charge in [-0.15, -0.1) is 0 Å². The fourth-order valence-electron chi connectivity index (χ4n) is 3.97. The average Bonchev–Trinajstić information content (AvgIpc) is 3.08. The van der Waals surface area contributed by atoms with Crippen LogP contribution in [0.5, 0.6) is 11.5 Å². The Balaban J connectivity index is 1.47. The van der Waals surface area contributed by atoms with Crippen molar-refractivity contribution in [3.63, 3.8) is 0 Å². The van der Waals surface area contributed by atoms with Gasteiger partial charge in [-0.25, -0.2) is 0 Å². The van der Waals surface area contributed by atoms with Gasteiger partial charge >= 0.3 is 0 Å². The van der Waals surface area contributed by atoms with E-state index in [2.05, 4.69) is 4.98 Å². The van der Waals surface area contributed by atoms with E-state index < -0.39 is 0 Å². The van der Waals surface area contributed by atoms with Gasteiger partial charge in [0.15, 0.2) is 11.5 Å². The number of hydrogen-bond acceptors (Lipinski definition) is 5. The Bertz CT molecular complexity index is 887. The summed E-state index contributed by atoms with van der Waals surface area (Å²) < 4.78 is 11.3. The second-order valence-corrected chi connectivity index (χ2v) is 7.45. The molecule has 152 valence electrons. The summed E-state index contributed by atoms with van der Waals surface area (Å²) >= 11 is 0. The highest BCUT2D eigenvalue weighted by molar-refractivity contribution is 5.89. The molecule has 2 aliphatic rings. The maximum absolute atomic E-state index is 13.2. The van der Waals surface area contributed by atoms with Crippen molar-refractivity contribution in [2.75, 3.05) is 26.8 Å². The number of nitrogens with zero attached hydrogens (tertiary/aromatic N) is 3. The largest absolute Gasteiger partial charge is 0.493 e. The van der Waals surface area contributed by atoms with Gasteiger partial charge in [0, 0.05) is 50.6 Å². The Labute approximate surface area is 170 Å². The zero-order chi connectivity index (χ0) is 20.2. The minimum atomic E-state index is -0.312. The van der Waals surface area contributed by atoms with Crippen LogP contribution in [0.25, 0.3) is 0 Å². The molecular formula is C22H25N3O4. The average molecular weight is 395 g/mol. The van der Waals surface area contributed by atoms with E-state index >= 15 is 0 Å². The third-order valence-electron chi connectivity index (χ3n) is 5.43. The molecule has 0 spiro atoms. The normalized spacial score (nSPS) is 19.2. The number of rotatable bonds is 4. The van der Waals surface area contributed by atoms with E-state index in [-0.39, 0.29) is 24.2 Å². The number of pyridine rings is 1. The summed E-state index contributed by atoms with van der Waals surface area (Å²) in [5.41, 5.74) is 1.90. The Hall–Kier alpha value is -3.09. The molecule has 0 radical (unpaired) electrons. The predicted octanol–water partition coefficient (Wildman–Crippen LogP) is 2.25. The molecule has 3 heterocycles. The zero-order valence-electron chi connectivity index (χ0n) is 16.5. The molecule has 7 heteroatoms. The molecule has 2 aliphatic heterocycles. The number of fused-ring (bicyclic) bond motifs is 1. The third-order valence-corrected chi connectivity index (χ3v) is 5.43. The van der Waals surface area contributed by atoms with E-state index in [1.54, 1.807) is 24.4 Å². The van der Waals surface area contributed by atoms with Crippen LogP contribution in [0.1, 0.15) is 24.0 Å². The molecule has 0 aliphatic carbocycles. The topological polar surface area (TPSA) is 72.0 Å². The minimum Gasteiger partial charge on any atom is -0.493 e. The van der Waals surface area contributed by atoms with Crippen LogP contribution in [0.15, 0.2) is 42.7 Å². The molecular weight excluding hydrogens is 370 g/mol. The first-order chi connectivity index (χ1) is 14.2. The van der Waals surface area contributed by atoms with Crippen molar-refractivity contribution >= 4 is 11.8 Å². The van der Waals surface area contributed by atoms with Gasteiger partial charge < -0.3 is 19.3 Å². The van der Waals surface area contributed by atoms with Gasteiger partial charge in [0.05, 0.1) is 19.6 Å². The molecule has 4 rings (SSSR count). The first kappa shape index (κ1) is 19.2. The fourth-order valence-corrected chi connectivity index (χ4v) is 3.97. The summed E-state index contributed by atoms with van der Waals surface area (Å²) in [4.78, 5) is 33.4. The highest BCUT2D eigenvalue weighted by Crippen LogP contribution is 2.34. The zero-order valence-corrected chi connectivity index (χ0v) is 16.5. The van der Waals surface area contributed by atoms with Crippen molar-refractivity contribution in [2.45, 2.75) is 25.9 Å². The van der Waals surface area contributed by atoms with E-state index in [4.69, 9.17) is 9.47 Å². The molecule has 2 amide bonds. The van der Waals surface area contributed by atoms with Gasteiger partial charge in [-0.2, -0.15) is 0 Å². The molecule has 1 atom stereocenters. The lowest BCUT2D eigenvalue weighted by Gasteiger charge is -2.29. The van der Waals surface area contributed by atoms with E-state index in [1.165, 1.54) is 0 Å². The lowest BCUT2D eigenvalue weighted by molar-refractivity contribution is -0.136. The van der Waals surface area contributed by atoms with Crippen LogP contribution in [0.3, 0.4) is 0 Å². The van der Waals surface area contributed by atoms with Gasteiger partial charge in [0.2, 0.25) is 11.8 Å². The summed E-state index contributed by atoms with van der Waals surface area (Å²) in [5, 5.41) is 0. The highest BCUT2D eigenvalue weighted by Gasteiger charge is 2.37. The summed E-state index contributed by atoms with van der Waals surface area (Å²) in [7, 11) is 1.61. The van der Waals surface area contributed by atoms with Crippen LogP contribution in [-0.2, 0) is 22.7 Å². The van der Waals surface area contributed by atoms with Crippen molar-refractivity contribution in [3.8, 4) is 11.5 Å². The highest BCUT2D eigenvalue weighted by atomic mass is 16.5. The quantitative estimate of drug-likeness (QED) is 0.794. The van der Waals surface area contributed by atoms with Crippen molar-refractivity contribution < 1.29 is 19.1 Å². The number of para-hydroxylation sites is 1. The van der Waals surface area contributed by atoms with Crippen LogP contribution >= 0.6 is 0 Å². The number of benzene rings is 1. The van der Waals surface area contributed by atoms with Crippen molar-refractivity contribution in [2.24, 2.45) is 5.92 Å². The summed E-state index contributed by atoms with van der Waals surface area (Å²) in [6, 6.07) is 9.51. The molecule has 0 N–H and O–H groups in total. The van der Waals surface area contributed by atoms with Gasteiger partial charge in [0.25, 0.3) is 0 Å². The molecule has 0 saturated carbocycles. The summed E-state index contributed by atoms with van der Waals surface area (Å²) in [6.07, 6.45) is 4.46. The Kier molecular flexibility index (Phi) is 5.64. The number of amides is 2. The first-order valence-electron chi connectivity index (χ1n) is 9.90. The van der Waals surface area contributed by atoms with Crippen LogP contribution in [-0.4, -0.2) is 53.4 Å². The third kappa shape index (κ3) is 4.18. The Morgan fingerprint density at radius 3 is 3.00 bits per heavy atom. The van der Waals surface area contributed by atoms with E-state index in [9.17, 15) is 9.59 Å². The number of carbonyl (C=O) groups is 2. The number of hydrogen-bond donors (Lipinski definition) is 0. The minimum absolute atomic E-state index is 0.0182. The van der Waals surface area contributed by atoms with Crippen LogP contribution in [0.2, 0.25) is 0 Å². The van der Waals surface area contributed by atoms with E-state index in [0.717, 1.165) is 17.5 Å². The summed E-state index contributed by atoms with van der Waals surface area (Å²) in [5.74, 6) is 1.12. The monoisotopic (exact) mass is 395 g/mol. The maximum Gasteiger partial charge on any atom is 0.228 e. The van der Waals surface area contributed by atoms with Gasteiger partial charge in [0.1, 0.15) is 0 Å². The molecule has 1 fully saturated rings. The Morgan fingerprint density at radius 2 is 2.21 bits per heavy atom. The number of methoxy groups -OCH3 is 1. The molecule has 0 bridgehead atoms. The number of likely N-dealkylation sites (tertiary alicyclic amines) is 1. The number of aromatic nitrogens is 1. The van der Waals surface area contributed by atoms with Crippen LogP contribution in [0, 0.1) is 5.92 Å². The molecule has 2 aromatic rings. The van der Waals surface area contributed by atoms with E-state index in [0.29, 0.717) is 44.3 Å². The maximum atomic E-state index is 13.2. The lowest BCUT2D eigenvalue weighted by Crippen LogP contribution is -2.39. The molecule has 1 unspecified atom stereocenters. The second kappa shape index (κ2) is 8.51. The van der Waals surface area contributed by atoms with Gasteiger partial charge in [-0.3, -0.25) is 14.6 Å². The molecule has 1 aromatic heterocycles. The van der Waals surface area contributed by atoms with Crippen molar-refractivity contribution in [3.05, 3.63) is 53.9 Å². The lowest BCUT2D eigenvalue weighted by atomic mass is 10.1. The Morgan fingerprint density at radius 1 is 1.31 bits per heavy atom. The number of carbonyl (C=O) groups excluding carboxylic acids is 2. The van der Waals surface area contributed by atoms with Gasteiger partial charge in [-0.1, -0.05) is 18.2 Å². The van der Waals surface area contributed by atoms with Crippen molar-refractivity contribution in [1.29, 1.82) is 0 Å². The smallest absolute Gasteiger partial charge is 0.228 e. The van der Waals surface area contributed by atoms with Gasteiger partial charge in [-0.05, 0) is 24.1 Å². The fraction of sp³-hybridized carbons (Fsp3) is 0.409. The molecule has 1 aromatic carbocycles. The SMILES string of the molecule is COc1cccc2c1OCCCN(C(=O)C1CC(=O)N(Cc3cccnc3)C1)C2. The molecule has 1 saturated heterocycles. The number of ether oxygens (including phenoxy) is 2.